The summed E-state index contributed by atoms with van der Waals surface area (Å²) in [7, 11) is -3.51. The molecule has 0 aromatic heterocycles. The number of ether oxygens (including phenoxy) is 2. The molecule has 2 rings (SSSR count). The minimum Gasteiger partial charge on any atom is -0.504 e. The molecule has 11 heteroatoms. The Bertz CT molecular complexity index is 994. The van der Waals surface area contributed by atoms with Crippen LogP contribution in [0.2, 0.25) is 0 Å². The number of carbonyl (C=O) groups is 1. The van der Waals surface area contributed by atoms with Gasteiger partial charge in [0, 0.05) is 6.07 Å². The van der Waals surface area contributed by atoms with E-state index in [1.54, 1.807) is 0 Å². The number of phenols is 1. The zero-order valence-corrected chi connectivity index (χ0v) is 14.9. The standard InChI is InChI=1S/C16H14F3NO6S/c1-3-26-16(22)9-7-12(14(18)15(19)13(9)17)27(23,24)20-8-4-5-11(25-2)10(21)6-8/h4-7,20-21H,3H2,1-2H3. The van der Waals surface area contributed by atoms with Crippen molar-refractivity contribution in [1.29, 1.82) is 0 Å². The highest BCUT2D eigenvalue weighted by atomic mass is 32.2. The van der Waals surface area contributed by atoms with Gasteiger partial charge in [-0.3, -0.25) is 4.72 Å². The Morgan fingerprint density at radius 1 is 1.15 bits per heavy atom. The number of hydrogen-bond donors (Lipinski definition) is 2. The largest absolute Gasteiger partial charge is 0.504 e. The summed E-state index contributed by atoms with van der Waals surface area (Å²) < 4.78 is 77.5. The summed E-state index contributed by atoms with van der Waals surface area (Å²) >= 11 is 0. The van der Waals surface area contributed by atoms with Crippen LogP contribution in [-0.4, -0.2) is 33.2 Å². The van der Waals surface area contributed by atoms with Crippen LogP contribution in [0.4, 0.5) is 18.9 Å². The van der Waals surface area contributed by atoms with Crippen molar-refractivity contribution in [1.82, 2.24) is 0 Å². The number of sulfonamides is 1. The predicted octanol–water partition coefficient (Wildman–Crippen LogP) is 2.80. The molecule has 0 heterocycles. The fraction of sp³-hybridized carbons (Fsp3) is 0.188. The summed E-state index contributed by atoms with van der Waals surface area (Å²) in [6.07, 6.45) is 0. The third-order valence-electron chi connectivity index (χ3n) is 3.33. The van der Waals surface area contributed by atoms with E-state index < -0.39 is 49.7 Å². The van der Waals surface area contributed by atoms with Gasteiger partial charge in [0.25, 0.3) is 10.0 Å². The highest BCUT2D eigenvalue weighted by Crippen LogP contribution is 2.31. The summed E-state index contributed by atoms with van der Waals surface area (Å²) in [5.41, 5.74) is -1.29. The smallest absolute Gasteiger partial charge is 0.341 e. The van der Waals surface area contributed by atoms with Crippen LogP contribution >= 0.6 is 0 Å². The predicted molar refractivity (Wildman–Crippen MR) is 87.7 cm³/mol. The Morgan fingerprint density at radius 2 is 1.81 bits per heavy atom. The molecule has 0 radical (unpaired) electrons. The molecule has 27 heavy (non-hydrogen) atoms. The van der Waals surface area contributed by atoms with Gasteiger partial charge in [0.05, 0.1) is 25.0 Å². The molecular formula is C16H14F3NO6S. The SMILES string of the molecule is CCOC(=O)c1cc(S(=O)(=O)Nc2ccc(OC)c(O)c2)c(F)c(F)c1F. The first-order valence-electron chi connectivity index (χ1n) is 7.36. The van der Waals surface area contributed by atoms with Gasteiger partial charge in [0.15, 0.2) is 29.0 Å². The van der Waals surface area contributed by atoms with Crippen molar-refractivity contribution in [3.05, 3.63) is 47.3 Å². The lowest BCUT2D eigenvalue weighted by Crippen LogP contribution is -2.18. The molecule has 2 aromatic carbocycles. The molecule has 7 nitrogen and oxygen atoms in total. The van der Waals surface area contributed by atoms with Crippen LogP contribution in [0.5, 0.6) is 11.5 Å². The quantitative estimate of drug-likeness (QED) is 0.566. The highest BCUT2D eigenvalue weighted by molar-refractivity contribution is 7.92. The molecule has 0 fully saturated rings. The molecular weight excluding hydrogens is 391 g/mol. The van der Waals surface area contributed by atoms with Crippen molar-refractivity contribution < 1.29 is 41.0 Å². The zero-order valence-electron chi connectivity index (χ0n) is 14.0. The number of anilines is 1. The number of methoxy groups -OCH3 is 1. The molecule has 0 bridgehead atoms. The molecule has 0 aliphatic rings. The third-order valence-corrected chi connectivity index (χ3v) is 4.71. The Hall–Kier alpha value is -2.95. The average molecular weight is 405 g/mol. The lowest BCUT2D eigenvalue weighted by atomic mass is 10.2. The van der Waals surface area contributed by atoms with Crippen LogP contribution in [0.1, 0.15) is 17.3 Å². The van der Waals surface area contributed by atoms with E-state index in [1.807, 2.05) is 4.72 Å². The van der Waals surface area contributed by atoms with Crippen molar-refractivity contribution in [3.8, 4) is 11.5 Å². The maximum atomic E-state index is 14.0. The minimum atomic E-state index is -4.78. The van der Waals surface area contributed by atoms with Gasteiger partial charge in [-0.15, -0.1) is 0 Å². The summed E-state index contributed by atoms with van der Waals surface area (Å²) in [6, 6.07) is 3.69. The summed E-state index contributed by atoms with van der Waals surface area (Å²) in [6.45, 7) is 1.20. The molecule has 0 aliphatic carbocycles. The van der Waals surface area contributed by atoms with Gasteiger partial charge in [-0.25, -0.2) is 26.4 Å². The van der Waals surface area contributed by atoms with Gasteiger partial charge in [0.1, 0.15) is 4.90 Å². The highest BCUT2D eigenvalue weighted by Gasteiger charge is 2.30. The number of carbonyl (C=O) groups excluding carboxylic acids is 1. The fourth-order valence-corrected chi connectivity index (χ4v) is 3.24. The van der Waals surface area contributed by atoms with E-state index in [4.69, 9.17) is 4.74 Å². The van der Waals surface area contributed by atoms with Crippen molar-refractivity contribution in [2.45, 2.75) is 11.8 Å². The fourth-order valence-electron chi connectivity index (χ4n) is 2.10. The van der Waals surface area contributed by atoms with Crippen LogP contribution < -0.4 is 9.46 Å². The molecule has 0 atom stereocenters. The summed E-state index contributed by atoms with van der Waals surface area (Å²) in [5, 5.41) is 9.67. The second-order valence-corrected chi connectivity index (χ2v) is 6.73. The van der Waals surface area contributed by atoms with Gasteiger partial charge in [0.2, 0.25) is 0 Å². The monoisotopic (exact) mass is 405 g/mol. The number of esters is 1. The molecule has 146 valence electrons. The third kappa shape index (κ3) is 4.08. The van der Waals surface area contributed by atoms with Crippen molar-refractivity contribution >= 4 is 21.7 Å². The Labute approximate surface area is 152 Å². The molecule has 0 spiro atoms. The van der Waals surface area contributed by atoms with E-state index in [0.717, 1.165) is 6.07 Å². The van der Waals surface area contributed by atoms with E-state index in [-0.39, 0.29) is 18.0 Å². The topological polar surface area (TPSA) is 102 Å². The van der Waals surface area contributed by atoms with Crippen molar-refractivity contribution in [3.63, 3.8) is 0 Å². The van der Waals surface area contributed by atoms with Gasteiger partial charge in [-0.1, -0.05) is 0 Å². The number of aromatic hydroxyl groups is 1. The second kappa shape index (κ2) is 7.74. The number of benzene rings is 2. The van der Waals surface area contributed by atoms with E-state index in [0.29, 0.717) is 6.07 Å². The summed E-state index contributed by atoms with van der Waals surface area (Å²) in [4.78, 5) is 10.4. The normalized spacial score (nSPS) is 11.1. The molecule has 2 aromatic rings. The van der Waals surface area contributed by atoms with Crippen molar-refractivity contribution in [2.75, 3.05) is 18.4 Å². The first kappa shape index (κ1) is 20.4. The van der Waals surface area contributed by atoms with Crippen LogP contribution in [0.3, 0.4) is 0 Å². The van der Waals surface area contributed by atoms with E-state index in [1.165, 1.54) is 26.2 Å². The second-order valence-electron chi connectivity index (χ2n) is 5.08. The Kier molecular flexibility index (Phi) is 5.84. The van der Waals surface area contributed by atoms with Crippen LogP contribution in [0.15, 0.2) is 29.2 Å². The molecule has 0 unspecified atom stereocenters. The van der Waals surface area contributed by atoms with Crippen LogP contribution in [0, 0.1) is 17.5 Å². The average Bonchev–Trinajstić information content (AvgIpc) is 2.59. The molecule has 2 N–H and O–H groups in total. The maximum absolute atomic E-state index is 14.0. The number of phenolic OH excluding ortho intramolecular Hbond substituents is 1. The van der Waals surface area contributed by atoms with E-state index in [2.05, 4.69) is 4.74 Å². The van der Waals surface area contributed by atoms with Crippen LogP contribution in [0.25, 0.3) is 0 Å². The Balaban J connectivity index is 2.52. The maximum Gasteiger partial charge on any atom is 0.341 e. The van der Waals surface area contributed by atoms with Gasteiger partial charge >= 0.3 is 5.97 Å². The Morgan fingerprint density at radius 3 is 2.37 bits per heavy atom. The minimum absolute atomic E-state index is 0.0431. The molecule has 0 aliphatic heterocycles. The number of nitrogens with one attached hydrogen (secondary N) is 1. The number of hydrogen-bond acceptors (Lipinski definition) is 6. The molecule has 0 saturated heterocycles. The number of rotatable bonds is 6. The first-order chi connectivity index (χ1) is 12.6. The first-order valence-corrected chi connectivity index (χ1v) is 8.85. The molecule has 0 saturated carbocycles. The van der Waals surface area contributed by atoms with E-state index >= 15 is 0 Å². The van der Waals surface area contributed by atoms with Crippen molar-refractivity contribution in [2.24, 2.45) is 0 Å². The zero-order chi connectivity index (χ0) is 20.4. The van der Waals surface area contributed by atoms with Gasteiger partial charge in [-0.2, -0.15) is 0 Å². The summed E-state index contributed by atoms with van der Waals surface area (Å²) in [5.74, 6) is -7.75. The van der Waals surface area contributed by atoms with Gasteiger partial charge < -0.3 is 14.6 Å². The van der Waals surface area contributed by atoms with Gasteiger partial charge in [-0.05, 0) is 25.1 Å². The lowest BCUT2D eigenvalue weighted by Gasteiger charge is -2.12. The number of halogens is 3. The van der Waals surface area contributed by atoms with Crippen LogP contribution in [-0.2, 0) is 14.8 Å². The lowest BCUT2D eigenvalue weighted by molar-refractivity contribution is 0.0519. The molecule has 0 amide bonds. The van der Waals surface area contributed by atoms with E-state index in [9.17, 15) is 31.5 Å².